The highest BCUT2D eigenvalue weighted by atomic mass is 32.2. The quantitative estimate of drug-likeness (QED) is 0.651. The zero-order chi connectivity index (χ0) is 15.2. The molecule has 0 saturated carbocycles. The Bertz CT molecular complexity index is 598. The average molecular weight is 303 g/mol. The van der Waals surface area contributed by atoms with Gasteiger partial charge in [-0.1, -0.05) is 13.8 Å². The number of nitrogens with zero attached hydrogens (tertiary/aromatic N) is 4. The lowest BCUT2D eigenvalue weighted by Gasteiger charge is -2.12. The molecule has 2 rings (SSSR count). The minimum absolute atomic E-state index is 0.714. The van der Waals surface area contributed by atoms with Crippen LogP contribution in [0.25, 0.3) is 0 Å². The molecule has 0 fully saturated rings. The fraction of sp³-hybridized carbons (Fsp3) is 0.467. The smallest absolute Gasteiger partial charge is 0.193 e. The molecule has 0 aromatic carbocycles. The molecule has 5 nitrogen and oxygen atoms in total. The number of aromatic nitrogens is 4. The number of hydrogen-bond acceptors (Lipinski definition) is 6. The third-order valence-electron chi connectivity index (χ3n) is 2.95. The largest absolute Gasteiger partial charge is 0.370 e. The van der Waals surface area contributed by atoms with Crippen LogP contribution in [-0.2, 0) is 6.42 Å². The lowest BCUT2D eigenvalue weighted by Crippen LogP contribution is -2.08. The lowest BCUT2D eigenvalue weighted by atomic mass is 10.3. The second-order valence-corrected chi connectivity index (χ2v) is 5.80. The molecule has 0 radical (unpaired) electrons. The zero-order valence-electron chi connectivity index (χ0n) is 13.0. The van der Waals surface area contributed by atoms with E-state index in [1.165, 1.54) is 11.8 Å². The highest BCUT2D eigenvalue weighted by Crippen LogP contribution is 2.29. The van der Waals surface area contributed by atoms with Gasteiger partial charge in [0.1, 0.15) is 16.7 Å². The van der Waals surface area contributed by atoms with Gasteiger partial charge in [-0.25, -0.2) is 19.9 Å². The van der Waals surface area contributed by atoms with Crippen molar-refractivity contribution >= 4 is 17.6 Å². The predicted molar refractivity (Wildman–Crippen MR) is 85.8 cm³/mol. The molecule has 2 aromatic heterocycles. The molecule has 0 aliphatic carbocycles. The molecule has 2 aromatic rings. The van der Waals surface area contributed by atoms with Gasteiger partial charge in [-0.2, -0.15) is 0 Å². The van der Waals surface area contributed by atoms with Gasteiger partial charge in [0.2, 0.25) is 0 Å². The predicted octanol–water partition coefficient (Wildman–Crippen LogP) is 3.42. The maximum absolute atomic E-state index is 4.61. The molecule has 0 aliphatic heterocycles. The Labute approximate surface area is 130 Å². The molecule has 2 heterocycles. The van der Waals surface area contributed by atoms with E-state index in [4.69, 9.17) is 0 Å². The fourth-order valence-corrected chi connectivity index (χ4v) is 2.52. The minimum Gasteiger partial charge on any atom is -0.370 e. The van der Waals surface area contributed by atoms with Crippen molar-refractivity contribution in [3.05, 3.63) is 29.3 Å². The molecule has 1 N–H and O–H groups in total. The molecule has 0 aliphatic rings. The van der Waals surface area contributed by atoms with Crippen molar-refractivity contribution in [1.82, 2.24) is 19.9 Å². The maximum Gasteiger partial charge on any atom is 0.193 e. The van der Waals surface area contributed by atoms with Gasteiger partial charge >= 0.3 is 0 Å². The van der Waals surface area contributed by atoms with E-state index >= 15 is 0 Å². The van der Waals surface area contributed by atoms with Gasteiger partial charge in [-0.05, 0) is 37.6 Å². The Hall–Kier alpha value is -1.69. The Morgan fingerprint density at radius 2 is 1.81 bits per heavy atom. The highest BCUT2D eigenvalue weighted by molar-refractivity contribution is 7.99. The average Bonchev–Trinajstić information content (AvgIpc) is 2.50. The van der Waals surface area contributed by atoms with Crippen LogP contribution in [0.2, 0.25) is 0 Å². The summed E-state index contributed by atoms with van der Waals surface area (Å²) in [5, 5.41) is 5.00. The molecule has 0 saturated heterocycles. The standard InChI is InChI=1S/C15H21N5S/c1-5-7-16-13-11(4)14(20-12(6-2)19-13)21-15-17-8-10(3)9-18-15/h8-9H,5-7H2,1-4H3,(H,16,19,20). The zero-order valence-corrected chi connectivity index (χ0v) is 13.8. The summed E-state index contributed by atoms with van der Waals surface area (Å²) in [6, 6.07) is 0. The first-order valence-corrected chi connectivity index (χ1v) is 8.03. The van der Waals surface area contributed by atoms with Gasteiger partial charge in [0.25, 0.3) is 0 Å². The first kappa shape index (κ1) is 15.7. The molecule has 0 unspecified atom stereocenters. The molecule has 0 bridgehead atoms. The van der Waals surface area contributed by atoms with Crippen molar-refractivity contribution in [2.24, 2.45) is 0 Å². The van der Waals surface area contributed by atoms with Gasteiger partial charge in [0.15, 0.2) is 5.16 Å². The van der Waals surface area contributed by atoms with Crippen LogP contribution in [0, 0.1) is 13.8 Å². The van der Waals surface area contributed by atoms with Crippen molar-refractivity contribution in [3.63, 3.8) is 0 Å². The van der Waals surface area contributed by atoms with Crippen molar-refractivity contribution in [1.29, 1.82) is 0 Å². The first-order valence-electron chi connectivity index (χ1n) is 7.21. The van der Waals surface area contributed by atoms with Crippen LogP contribution >= 0.6 is 11.8 Å². The molecule has 0 spiro atoms. The van der Waals surface area contributed by atoms with Gasteiger partial charge in [-0.3, -0.25) is 0 Å². The molecule has 6 heteroatoms. The summed E-state index contributed by atoms with van der Waals surface area (Å²) in [5.74, 6) is 1.76. The number of anilines is 1. The summed E-state index contributed by atoms with van der Waals surface area (Å²) in [6.07, 6.45) is 5.52. The third kappa shape index (κ3) is 4.14. The Morgan fingerprint density at radius 1 is 1.10 bits per heavy atom. The van der Waals surface area contributed by atoms with Crippen LogP contribution in [0.5, 0.6) is 0 Å². The van der Waals surface area contributed by atoms with Gasteiger partial charge in [-0.15, -0.1) is 0 Å². The topological polar surface area (TPSA) is 63.6 Å². The second kappa shape index (κ2) is 7.36. The Kier molecular flexibility index (Phi) is 5.50. The molecule has 21 heavy (non-hydrogen) atoms. The van der Waals surface area contributed by atoms with Crippen LogP contribution in [0.3, 0.4) is 0 Å². The maximum atomic E-state index is 4.61. The summed E-state index contributed by atoms with van der Waals surface area (Å²) in [4.78, 5) is 17.8. The van der Waals surface area contributed by atoms with E-state index in [-0.39, 0.29) is 0 Å². The first-order chi connectivity index (χ1) is 10.1. The number of aryl methyl sites for hydroxylation is 2. The van der Waals surface area contributed by atoms with E-state index in [0.29, 0.717) is 5.16 Å². The number of hydrogen-bond donors (Lipinski definition) is 1. The van der Waals surface area contributed by atoms with Crippen molar-refractivity contribution < 1.29 is 0 Å². The van der Waals surface area contributed by atoms with Gasteiger partial charge in [0.05, 0.1) is 0 Å². The van der Waals surface area contributed by atoms with Crippen LogP contribution in [0.15, 0.2) is 22.6 Å². The van der Waals surface area contributed by atoms with E-state index in [1.54, 1.807) is 0 Å². The van der Waals surface area contributed by atoms with Crippen LogP contribution in [-0.4, -0.2) is 26.5 Å². The molecule has 0 atom stereocenters. The lowest BCUT2D eigenvalue weighted by molar-refractivity contribution is 0.856. The van der Waals surface area contributed by atoms with Crippen LogP contribution in [0.4, 0.5) is 5.82 Å². The Balaban J connectivity index is 2.30. The monoisotopic (exact) mass is 303 g/mol. The van der Waals surface area contributed by atoms with E-state index in [0.717, 1.165) is 47.2 Å². The number of nitrogens with one attached hydrogen (secondary N) is 1. The SMILES string of the molecule is CCCNc1nc(CC)nc(Sc2ncc(C)cn2)c1C. The molecule has 0 amide bonds. The van der Waals surface area contributed by atoms with Gasteiger partial charge in [0, 0.05) is 30.9 Å². The molecular formula is C15H21N5S. The third-order valence-corrected chi connectivity index (χ3v) is 3.94. The summed E-state index contributed by atoms with van der Waals surface area (Å²) >= 11 is 1.49. The summed E-state index contributed by atoms with van der Waals surface area (Å²) in [5.41, 5.74) is 2.10. The van der Waals surface area contributed by atoms with Gasteiger partial charge < -0.3 is 5.32 Å². The highest BCUT2D eigenvalue weighted by Gasteiger charge is 2.12. The normalized spacial score (nSPS) is 10.7. The van der Waals surface area contributed by atoms with Crippen LogP contribution < -0.4 is 5.32 Å². The summed E-state index contributed by atoms with van der Waals surface area (Å²) in [6.45, 7) is 9.12. The van der Waals surface area contributed by atoms with E-state index in [9.17, 15) is 0 Å². The Morgan fingerprint density at radius 3 is 2.43 bits per heavy atom. The van der Waals surface area contributed by atoms with E-state index in [2.05, 4.69) is 39.1 Å². The van der Waals surface area contributed by atoms with Crippen molar-refractivity contribution in [2.75, 3.05) is 11.9 Å². The van der Waals surface area contributed by atoms with Crippen molar-refractivity contribution in [3.8, 4) is 0 Å². The summed E-state index contributed by atoms with van der Waals surface area (Å²) < 4.78 is 0. The number of rotatable bonds is 6. The van der Waals surface area contributed by atoms with E-state index in [1.807, 2.05) is 26.2 Å². The molecule has 112 valence electrons. The second-order valence-electron chi connectivity index (χ2n) is 4.84. The molecular weight excluding hydrogens is 282 g/mol. The summed E-state index contributed by atoms with van der Waals surface area (Å²) in [7, 11) is 0. The fourth-order valence-electron chi connectivity index (χ4n) is 1.73. The van der Waals surface area contributed by atoms with Crippen LogP contribution in [0.1, 0.15) is 37.2 Å². The minimum atomic E-state index is 0.714. The van der Waals surface area contributed by atoms with Crippen molar-refractivity contribution in [2.45, 2.75) is 50.7 Å². The van der Waals surface area contributed by atoms with E-state index < -0.39 is 0 Å².